The molecule has 0 bridgehead atoms. The van der Waals surface area contributed by atoms with Gasteiger partial charge in [0.25, 0.3) is 5.91 Å². The predicted molar refractivity (Wildman–Crippen MR) is 90.3 cm³/mol. The highest BCUT2D eigenvalue weighted by Crippen LogP contribution is 2.24. The van der Waals surface area contributed by atoms with Crippen molar-refractivity contribution >= 4 is 27.5 Å². The first-order valence-electron chi connectivity index (χ1n) is 8.10. The molecular formula is C16H21N3O4S. The van der Waals surface area contributed by atoms with Gasteiger partial charge >= 0.3 is 0 Å². The van der Waals surface area contributed by atoms with E-state index in [9.17, 15) is 18.0 Å². The zero-order chi connectivity index (χ0) is 17.3. The third-order valence-electron chi connectivity index (χ3n) is 4.53. The summed E-state index contributed by atoms with van der Waals surface area (Å²) in [6.07, 6.45) is 1.06. The van der Waals surface area contributed by atoms with Crippen LogP contribution in [0.1, 0.15) is 29.3 Å². The number of nitrogens with zero attached hydrogens (tertiary/aromatic N) is 2. The zero-order valence-electron chi connectivity index (χ0n) is 13.6. The molecule has 1 aromatic rings. The van der Waals surface area contributed by atoms with Crippen LogP contribution in [0.15, 0.2) is 18.2 Å². The molecular weight excluding hydrogens is 330 g/mol. The Morgan fingerprint density at radius 3 is 2.54 bits per heavy atom. The van der Waals surface area contributed by atoms with Crippen molar-refractivity contribution in [3.8, 4) is 0 Å². The van der Waals surface area contributed by atoms with E-state index < -0.39 is 10.0 Å². The van der Waals surface area contributed by atoms with Gasteiger partial charge in [-0.2, -0.15) is 4.31 Å². The molecule has 3 rings (SSSR count). The number of carbonyl (C=O) groups excluding carboxylic acids is 2. The maximum absolute atomic E-state index is 12.6. The van der Waals surface area contributed by atoms with Gasteiger partial charge < -0.3 is 10.2 Å². The fraction of sp³-hybridized carbons (Fsp3) is 0.500. The van der Waals surface area contributed by atoms with Gasteiger partial charge in [-0.05, 0) is 37.1 Å². The lowest BCUT2D eigenvalue weighted by molar-refractivity contribution is -0.116. The van der Waals surface area contributed by atoms with Crippen molar-refractivity contribution in [2.75, 3.05) is 37.2 Å². The monoisotopic (exact) mass is 351 g/mol. The molecule has 1 fully saturated rings. The van der Waals surface area contributed by atoms with Gasteiger partial charge in [0.15, 0.2) is 0 Å². The predicted octanol–water partition coefficient (Wildman–Crippen LogP) is 0.679. The Morgan fingerprint density at radius 2 is 1.88 bits per heavy atom. The van der Waals surface area contributed by atoms with E-state index in [4.69, 9.17) is 0 Å². The van der Waals surface area contributed by atoms with Crippen molar-refractivity contribution in [3.05, 3.63) is 29.3 Å². The third-order valence-corrected chi connectivity index (χ3v) is 6.41. The van der Waals surface area contributed by atoms with Gasteiger partial charge in [0, 0.05) is 43.9 Å². The van der Waals surface area contributed by atoms with Crippen molar-refractivity contribution in [2.45, 2.75) is 19.8 Å². The molecule has 2 amide bonds. The molecule has 1 aromatic carbocycles. The van der Waals surface area contributed by atoms with E-state index >= 15 is 0 Å². The van der Waals surface area contributed by atoms with E-state index in [0.717, 1.165) is 11.3 Å². The Hall–Kier alpha value is -1.93. The second kappa shape index (κ2) is 6.52. The van der Waals surface area contributed by atoms with Gasteiger partial charge in [-0.3, -0.25) is 9.59 Å². The molecule has 1 saturated heterocycles. The van der Waals surface area contributed by atoms with Crippen LogP contribution in [0.3, 0.4) is 0 Å². The molecule has 0 atom stereocenters. The first-order valence-corrected chi connectivity index (χ1v) is 9.71. The normalized spacial score (nSPS) is 18.9. The lowest BCUT2D eigenvalue weighted by Gasteiger charge is -2.34. The second-order valence-electron chi connectivity index (χ2n) is 6.01. The van der Waals surface area contributed by atoms with Crippen molar-refractivity contribution in [1.82, 2.24) is 9.21 Å². The minimum Gasteiger partial charge on any atom is -0.336 e. The van der Waals surface area contributed by atoms with E-state index in [1.54, 1.807) is 24.0 Å². The van der Waals surface area contributed by atoms with Gasteiger partial charge in [-0.15, -0.1) is 0 Å². The maximum Gasteiger partial charge on any atom is 0.253 e. The van der Waals surface area contributed by atoms with Crippen molar-refractivity contribution in [3.63, 3.8) is 0 Å². The molecule has 2 heterocycles. The topological polar surface area (TPSA) is 86.8 Å². The van der Waals surface area contributed by atoms with Crippen molar-refractivity contribution < 1.29 is 18.0 Å². The smallest absolute Gasteiger partial charge is 0.253 e. The van der Waals surface area contributed by atoms with Crippen molar-refractivity contribution in [2.24, 2.45) is 0 Å². The Kier molecular flexibility index (Phi) is 4.60. The number of fused-ring (bicyclic) bond motifs is 1. The first kappa shape index (κ1) is 16.9. The van der Waals surface area contributed by atoms with Gasteiger partial charge in [-0.25, -0.2) is 8.42 Å². The lowest BCUT2D eigenvalue weighted by atomic mass is 10.00. The molecule has 24 heavy (non-hydrogen) atoms. The van der Waals surface area contributed by atoms with Crippen LogP contribution in [-0.2, 0) is 21.2 Å². The van der Waals surface area contributed by atoms with Gasteiger partial charge in [-0.1, -0.05) is 0 Å². The van der Waals surface area contributed by atoms with Crippen LogP contribution in [0.5, 0.6) is 0 Å². The van der Waals surface area contributed by atoms with Crippen LogP contribution in [0.25, 0.3) is 0 Å². The molecule has 0 saturated carbocycles. The molecule has 0 unspecified atom stereocenters. The van der Waals surface area contributed by atoms with Gasteiger partial charge in [0.05, 0.1) is 5.75 Å². The summed E-state index contributed by atoms with van der Waals surface area (Å²) in [5.74, 6) is -0.0182. The van der Waals surface area contributed by atoms with E-state index in [2.05, 4.69) is 5.32 Å². The van der Waals surface area contributed by atoms with E-state index in [-0.39, 0.29) is 17.6 Å². The summed E-state index contributed by atoms with van der Waals surface area (Å²) >= 11 is 0. The number of carbonyl (C=O) groups is 2. The minimum atomic E-state index is -3.20. The van der Waals surface area contributed by atoms with Crippen LogP contribution >= 0.6 is 0 Å². The van der Waals surface area contributed by atoms with Crippen LogP contribution in [0.4, 0.5) is 5.69 Å². The number of benzene rings is 1. The summed E-state index contributed by atoms with van der Waals surface area (Å²) in [7, 11) is -3.20. The number of nitrogens with one attached hydrogen (secondary N) is 1. The van der Waals surface area contributed by atoms with Crippen LogP contribution in [0, 0.1) is 0 Å². The molecule has 2 aliphatic heterocycles. The minimum absolute atomic E-state index is 0.00479. The molecule has 2 aliphatic rings. The standard InChI is InChI=1S/C16H21N3O4S/c1-2-24(22,23)19-9-7-18(8-10-19)16(21)13-3-5-14-12(11-13)4-6-15(20)17-14/h3,5,11H,2,4,6-10H2,1H3,(H,17,20). The average molecular weight is 351 g/mol. The van der Waals surface area contributed by atoms with E-state index in [0.29, 0.717) is 44.6 Å². The lowest BCUT2D eigenvalue weighted by Crippen LogP contribution is -2.50. The third kappa shape index (κ3) is 3.29. The molecule has 7 nitrogen and oxygen atoms in total. The molecule has 8 heteroatoms. The van der Waals surface area contributed by atoms with Crippen LogP contribution < -0.4 is 5.32 Å². The number of aryl methyl sites for hydroxylation is 1. The SMILES string of the molecule is CCS(=O)(=O)N1CCN(C(=O)c2ccc3c(c2)CCC(=O)N3)CC1. The second-order valence-corrected chi connectivity index (χ2v) is 8.27. The number of rotatable bonds is 3. The maximum atomic E-state index is 12.6. The Labute approximate surface area is 141 Å². The molecule has 130 valence electrons. The van der Waals surface area contributed by atoms with Crippen molar-refractivity contribution in [1.29, 1.82) is 0 Å². The Balaban J connectivity index is 1.69. The van der Waals surface area contributed by atoms with E-state index in [1.165, 1.54) is 4.31 Å². The number of hydrogen-bond acceptors (Lipinski definition) is 4. The zero-order valence-corrected chi connectivity index (χ0v) is 14.4. The highest BCUT2D eigenvalue weighted by Gasteiger charge is 2.28. The summed E-state index contributed by atoms with van der Waals surface area (Å²) < 4.78 is 25.2. The fourth-order valence-corrected chi connectivity index (χ4v) is 4.14. The first-order chi connectivity index (χ1) is 11.4. The van der Waals surface area contributed by atoms with Crippen LogP contribution in [-0.4, -0.2) is 61.4 Å². The molecule has 0 aliphatic carbocycles. The molecule has 0 radical (unpaired) electrons. The van der Waals surface area contributed by atoms with Gasteiger partial charge in [0.1, 0.15) is 0 Å². The largest absolute Gasteiger partial charge is 0.336 e. The molecule has 1 N–H and O–H groups in total. The quantitative estimate of drug-likeness (QED) is 0.867. The molecule has 0 spiro atoms. The summed E-state index contributed by atoms with van der Waals surface area (Å²) in [6.45, 7) is 3.09. The summed E-state index contributed by atoms with van der Waals surface area (Å²) in [5, 5.41) is 2.80. The number of amides is 2. The number of hydrogen-bond donors (Lipinski definition) is 1. The number of sulfonamides is 1. The molecule has 0 aromatic heterocycles. The number of piperazine rings is 1. The summed E-state index contributed by atoms with van der Waals surface area (Å²) in [5.41, 5.74) is 2.31. The Morgan fingerprint density at radius 1 is 1.17 bits per heavy atom. The number of anilines is 1. The summed E-state index contributed by atoms with van der Waals surface area (Å²) in [4.78, 5) is 25.7. The summed E-state index contributed by atoms with van der Waals surface area (Å²) in [6, 6.07) is 5.30. The van der Waals surface area contributed by atoms with E-state index in [1.807, 2.05) is 6.07 Å². The fourth-order valence-electron chi connectivity index (χ4n) is 3.05. The highest BCUT2D eigenvalue weighted by molar-refractivity contribution is 7.89. The average Bonchev–Trinajstić information content (AvgIpc) is 2.60. The van der Waals surface area contributed by atoms with Gasteiger partial charge in [0.2, 0.25) is 15.9 Å². The highest BCUT2D eigenvalue weighted by atomic mass is 32.2. The Bertz CT molecular complexity index is 768. The van der Waals surface area contributed by atoms with Crippen LogP contribution in [0.2, 0.25) is 0 Å².